The molecule has 0 aliphatic carbocycles. The normalized spacial score (nSPS) is 13.3. The summed E-state index contributed by atoms with van der Waals surface area (Å²) in [5.41, 5.74) is 0. The molecule has 3 nitrogen and oxygen atoms in total. The van der Waals surface area contributed by atoms with Gasteiger partial charge in [0, 0.05) is 0 Å². The van der Waals surface area contributed by atoms with Crippen LogP contribution >= 0.6 is 0 Å². The summed E-state index contributed by atoms with van der Waals surface area (Å²) in [6.07, 6.45) is 3.82. The van der Waals surface area contributed by atoms with E-state index in [1.165, 1.54) is 0 Å². The maximum atomic E-state index is 10.1. The highest BCUT2D eigenvalue weighted by Crippen LogP contribution is 2.06. The van der Waals surface area contributed by atoms with Crippen molar-refractivity contribution in [3.05, 3.63) is 12.7 Å². The van der Waals surface area contributed by atoms with Crippen LogP contribution in [0.15, 0.2) is 12.7 Å². The third-order valence-electron chi connectivity index (χ3n) is 1.38. The van der Waals surface area contributed by atoms with E-state index in [9.17, 15) is 8.42 Å². The molecule has 0 aliphatic rings. The Kier molecular flexibility index (Phi) is 6.16. The molecule has 66 valence electrons. The minimum Gasteiger partial charge on any atom is -0.269 e. The highest BCUT2D eigenvalue weighted by molar-refractivity contribution is 7.67. The Hall–Kier alpha value is -0.350. The summed E-state index contributed by atoms with van der Waals surface area (Å²) in [4.78, 5) is 0. The highest BCUT2D eigenvalue weighted by atomic mass is 32.2. The van der Waals surface area contributed by atoms with Crippen molar-refractivity contribution in [1.82, 2.24) is 0 Å². The SMILES string of the molecule is C=CCCC(CC)O[SH](=O)=O. The van der Waals surface area contributed by atoms with Crippen LogP contribution in [0.25, 0.3) is 0 Å². The van der Waals surface area contributed by atoms with Gasteiger partial charge in [0.2, 0.25) is 0 Å². The van der Waals surface area contributed by atoms with E-state index in [1.807, 2.05) is 6.92 Å². The number of hydrogen-bond donors (Lipinski definition) is 1. The monoisotopic (exact) mass is 178 g/mol. The molecule has 0 heterocycles. The van der Waals surface area contributed by atoms with Crippen LogP contribution in [0.4, 0.5) is 0 Å². The lowest BCUT2D eigenvalue weighted by Gasteiger charge is -2.08. The fraction of sp³-hybridized carbons (Fsp3) is 0.714. The molecule has 1 unspecified atom stereocenters. The first kappa shape index (κ1) is 10.7. The van der Waals surface area contributed by atoms with Crippen molar-refractivity contribution >= 4 is 11.0 Å². The molecule has 4 heteroatoms. The maximum absolute atomic E-state index is 10.1. The van der Waals surface area contributed by atoms with Gasteiger partial charge in [0.15, 0.2) is 0 Å². The molecule has 0 N–H and O–H groups in total. The van der Waals surface area contributed by atoms with E-state index in [0.29, 0.717) is 0 Å². The lowest BCUT2D eigenvalue weighted by molar-refractivity contribution is 0.205. The molecular formula is C7H14O3S. The van der Waals surface area contributed by atoms with Crippen molar-refractivity contribution in [3.8, 4) is 0 Å². The van der Waals surface area contributed by atoms with Gasteiger partial charge in [-0.25, -0.2) is 8.42 Å². The summed E-state index contributed by atoms with van der Waals surface area (Å²) in [5, 5.41) is 0. The van der Waals surface area contributed by atoms with Crippen LogP contribution in [0.2, 0.25) is 0 Å². The molecule has 0 fully saturated rings. The lowest BCUT2D eigenvalue weighted by atomic mass is 10.1. The van der Waals surface area contributed by atoms with Crippen LogP contribution in [-0.4, -0.2) is 14.5 Å². The fourth-order valence-electron chi connectivity index (χ4n) is 0.757. The highest BCUT2D eigenvalue weighted by Gasteiger charge is 2.05. The first-order valence-corrected chi connectivity index (χ1v) is 4.72. The molecule has 0 aliphatic heterocycles. The topological polar surface area (TPSA) is 43.4 Å². The van der Waals surface area contributed by atoms with Gasteiger partial charge in [-0.15, -0.1) is 6.58 Å². The van der Waals surface area contributed by atoms with Gasteiger partial charge in [0.25, 0.3) is 11.0 Å². The molecule has 0 amide bonds. The molecule has 0 saturated heterocycles. The average molecular weight is 178 g/mol. The van der Waals surface area contributed by atoms with Crippen molar-refractivity contribution < 1.29 is 12.6 Å². The van der Waals surface area contributed by atoms with E-state index < -0.39 is 11.0 Å². The van der Waals surface area contributed by atoms with Crippen molar-refractivity contribution in [2.45, 2.75) is 32.3 Å². The van der Waals surface area contributed by atoms with E-state index >= 15 is 0 Å². The van der Waals surface area contributed by atoms with Gasteiger partial charge in [-0.3, -0.25) is 4.18 Å². The van der Waals surface area contributed by atoms with Gasteiger partial charge in [-0.2, -0.15) is 0 Å². The van der Waals surface area contributed by atoms with E-state index in [2.05, 4.69) is 10.8 Å². The third-order valence-corrected chi connectivity index (χ3v) is 1.85. The molecule has 0 aromatic heterocycles. The van der Waals surface area contributed by atoms with Gasteiger partial charge < -0.3 is 0 Å². The molecule has 0 aromatic rings. The summed E-state index contributed by atoms with van der Waals surface area (Å²) in [6, 6.07) is 0. The number of hydrogen-bond acceptors (Lipinski definition) is 3. The second kappa shape index (κ2) is 6.37. The van der Waals surface area contributed by atoms with Crippen LogP contribution in [0.5, 0.6) is 0 Å². The van der Waals surface area contributed by atoms with E-state index in [0.717, 1.165) is 19.3 Å². The Balaban J connectivity index is 3.65. The molecule has 0 bridgehead atoms. The predicted molar refractivity (Wildman–Crippen MR) is 44.9 cm³/mol. The van der Waals surface area contributed by atoms with Crippen LogP contribution < -0.4 is 0 Å². The molecular weight excluding hydrogens is 164 g/mol. The Morgan fingerprint density at radius 1 is 1.64 bits per heavy atom. The smallest absolute Gasteiger partial charge is 0.257 e. The van der Waals surface area contributed by atoms with E-state index in [4.69, 9.17) is 0 Å². The van der Waals surface area contributed by atoms with Gasteiger partial charge >= 0.3 is 0 Å². The van der Waals surface area contributed by atoms with Crippen molar-refractivity contribution in [2.24, 2.45) is 0 Å². The zero-order valence-electron chi connectivity index (χ0n) is 6.66. The molecule has 11 heavy (non-hydrogen) atoms. The van der Waals surface area contributed by atoms with Gasteiger partial charge in [-0.1, -0.05) is 13.0 Å². The van der Waals surface area contributed by atoms with Crippen LogP contribution in [-0.2, 0) is 15.2 Å². The predicted octanol–water partition coefficient (Wildman–Crippen LogP) is 1.27. The Morgan fingerprint density at radius 2 is 2.27 bits per heavy atom. The van der Waals surface area contributed by atoms with Gasteiger partial charge in [0.1, 0.15) is 0 Å². The quantitative estimate of drug-likeness (QED) is 0.492. The second-order valence-electron chi connectivity index (χ2n) is 2.23. The maximum Gasteiger partial charge on any atom is 0.257 e. The van der Waals surface area contributed by atoms with Crippen LogP contribution in [0.1, 0.15) is 26.2 Å². The largest absolute Gasteiger partial charge is 0.269 e. The molecule has 0 rings (SSSR count). The molecule has 0 aromatic carbocycles. The van der Waals surface area contributed by atoms with Crippen LogP contribution in [0.3, 0.4) is 0 Å². The summed E-state index contributed by atoms with van der Waals surface area (Å²) in [5.74, 6) is 0. The van der Waals surface area contributed by atoms with Crippen molar-refractivity contribution in [3.63, 3.8) is 0 Å². The van der Waals surface area contributed by atoms with Gasteiger partial charge in [0.05, 0.1) is 6.10 Å². The minimum absolute atomic E-state index is 0.172. The number of rotatable bonds is 6. The molecule has 0 radical (unpaired) electrons. The van der Waals surface area contributed by atoms with E-state index in [-0.39, 0.29) is 6.10 Å². The fourth-order valence-corrected chi connectivity index (χ4v) is 1.25. The van der Waals surface area contributed by atoms with Crippen molar-refractivity contribution in [2.75, 3.05) is 0 Å². The van der Waals surface area contributed by atoms with Crippen molar-refractivity contribution in [1.29, 1.82) is 0 Å². The second-order valence-corrected chi connectivity index (χ2v) is 2.88. The molecule has 0 saturated carbocycles. The zero-order valence-corrected chi connectivity index (χ0v) is 7.55. The zero-order chi connectivity index (χ0) is 8.69. The van der Waals surface area contributed by atoms with Crippen LogP contribution in [0, 0.1) is 0 Å². The van der Waals surface area contributed by atoms with E-state index in [1.54, 1.807) is 6.08 Å². The number of thiol groups is 1. The lowest BCUT2D eigenvalue weighted by Crippen LogP contribution is -2.09. The average Bonchev–Trinajstić information content (AvgIpc) is 1.97. The minimum atomic E-state index is -2.70. The third kappa shape index (κ3) is 6.06. The summed E-state index contributed by atoms with van der Waals surface area (Å²) < 4.78 is 24.8. The summed E-state index contributed by atoms with van der Waals surface area (Å²) in [7, 11) is -2.70. The molecule has 0 spiro atoms. The first-order valence-electron chi connectivity index (χ1n) is 3.62. The standard InChI is InChI=1S/C7H14O3S/c1-3-5-6-7(4-2)10-11(8)9/h3,7,11H,1,4-6H2,2H3. The summed E-state index contributed by atoms with van der Waals surface area (Å²) in [6.45, 7) is 5.43. The first-order chi connectivity index (χ1) is 5.20. The number of allylic oxidation sites excluding steroid dienone is 1. The van der Waals surface area contributed by atoms with Gasteiger partial charge in [-0.05, 0) is 19.3 Å². The molecule has 1 atom stereocenters. The Labute approximate surface area is 69.2 Å². The Morgan fingerprint density at radius 3 is 2.64 bits per heavy atom. The Bertz CT molecular complexity index is 167. The summed E-state index contributed by atoms with van der Waals surface area (Å²) >= 11 is 0.